The Morgan fingerprint density at radius 2 is 2.29 bits per heavy atom. The molecule has 0 atom stereocenters. The van der Waals surface area contributed by atoms with Gasteiger partial charge in [-0.25, -0.2) is 0 Å². The van der Waals surface area contributed by atoms with Gasteiger partial charge >= 0.3 is 0 Å². The second-order valence-corrected chi connectivity index (χ2v) is 5.91. The lowest BCUT2D eigenvalue weighted by atomic mass is 10.1. The van der Waals surface area contributed by atoms with Gasteiger partial charge in [0.1, 0.15) is 15.8 Å². The van der Waals surface area contributed by atoms with E-state index in [9.17, 15) is 9.90 Å². The first kappa shape index (κ1) is 15.6. The summed E-state index contributed by atoms with van der Waals surface area (Å²) in [5.41, 5.74) is 0.553. The lowest BCUT2D eigenvalue weighted by Gasteiger charge is -2.10. The summed E-state index contributed by atoms with van der Waals surface area (Å²) >= 11 is 6.38. The number of amides is 1. The van der Waals surface area contributed by atoms with E-state index in [1.165, 1.54) is 22.7 Å². The number of aromatic hydroxyl groups is 1. The molecule has 1 aromatic rings. The summed E-state index contributed by atoms with van der Waals surface area (Å²) in [6, 6.07) is 4.99. The van der Waals surface area contributed by atoms with Gasteiger partial charge < -0.3 is 9.84 Å². The number of thiocarbonyl (C=S) groups is 1. The van der Waals surface area contributed by atoms with Crippen molar-refractivity contribution >= 4 is 40.3 Å². The fourth-order valence-corrected chi connectivity index (χ4v) is 3.10. The van der Waals surface area contributed by atoms with Gasteiger partial charge in [-0.1, -0.05) is 30.1 Å². The Hall–Kier alpha value is -1.79. The van der Waals surface area contributed by atoms with Crippen LogP contribution < -0.4 is 4.74 Å². The minimum Gasteiger partial charge on any atom is -0.507 e. The minimum atomic E-state index is -0.168. The van der Waals surface area contributed by atoms with Crippen molar-refractivity contribution in [1.29, 1.82) is 0 Å². The average molecular weight is 321 g/mol. The molecule has 0 spiro atoms. The minimum absolute atomic E-state index is 0.0648. The number of rotatable bonds is 5. The number of hydrogen-bond donors (Lipinski definition) is 1. The van der Waals surface area contributed by atoms with Crippen LogP contribution in [0.5, 0.6) is 11.5 Å². The van der Waals surface area contributed by atoms with E-state index in [2.05, 4.69) is 6.58 Å². The summed E-state index contributed by atoms with van der Waals surface area (Å²) in [5.74, 6) is 0.486. The highest BCUT2D eigenvalue weighted by atomic mass is 32.2. The predicted octanol–water partition coefficient (Wildman–Crippen LogP) is 3.18. The molecule has 0 aromatic heterocycles. The number of thioether (sulfide) groups is 1. The Labute approximate surface area is 133 Å². The van der Waals surface area contributed by atoms with E-state index >= 15 is 0 Å². The molecule has 0 saturated carbocycles. The van der Waals surface area contributed by atoms with Crippen molar-refractivity contribution in [2.24, 2.45) is 0 Å². The van der Waals surface area contributed by atoms with Gasteiger partial charge in [0.25, 0.3) is 5.91 Å². The van der Waals surface area contributed by atoms with Crippen LogP contribution in [0.4, 0.5) is 0 Å². The molecule has 1 amide bonds. The van der Waals surface area contributed by atoms with Gasteiger partial charge in [0.05, 0.1) is 11.5 Å². The van der Waals surface area contributed by atoms with Crippen LogP contribution in [0.3, 0.4) is 0 Å². The molecule has 21 heavy (non-hydrogen) atoms. The second-order valence-electron chi connectivity index (χ2n) is 4.23. The average Bonchev–Trinajstić information content (AvgIpc) is 2.70. The van der Waals surface area contributed by atoms with Crippen molar-refractivity contribution in [3.63, 3.8) is 0 Å². The fourth-order valence-electron chi connectivity index (χ4n) is 1.83. The molecule has 1 heterocycles. The molecule has 0 aliphatic carbocycles. The Balaban J connectivity index is 2.26. The van der Waals surface area contributed by atoms with Gasteiger partial charge in [-0.05, 0) is 25.1 Å². The van der Waals surface area contributed by atoms with Crippen LogP contribution >= 0.6 is 24.0 Å². The lowest BCUT2D eigenvalue weighted by Crippen LogP contribution is -2.27. The maximum absolute atomic E-state index is 12.2. The molecule has 0 bridgehead atoms. The SMILES string of the molecule is C=CCN1C(=O)/C(=C/c2ccc(OCC)cc2O)SC1=S. The van der Waals surface area contributed by atoms with E-state index in [1.54, 1.807) is 24.3 Å². The first-order valence-corrected chi connectivity index (χ1v) is 7.61. The van der Waals surface area contributed by atoms with E-state index in [0.717, 1.165) is 0 Å². The number of benzene rings is 1. The molecule has 1 fully saturated rings. The third-order valence-corrected chi connectivity index (χ3v) is 4.16. The fraction of sp³-hybridized carbons (Fsp3) is 0.200. The highest BCUT2D eigenvalue weighted by Gasteiger charge is 2.31. The molecule has 110 valence electrons. The summed E-state index contributed by atoms with van der Waals surface area (Å²) in [4.78, 5) is 14.2. The monoisotopic (exact) mass is 321 g/mol. The third kappa shape index (κ3) is 3.46. The van der Waals surface area contributed by atoms with Crippen molar-refractivity contribution < 1.29 is 14.6 Å². The van der Waals surface area contributed by atoms with Crippen molar-refractivity contribution in [2.75, 3.05) is 13.2 Å². The Bertz CT molecular complexity index is 625. The molecule has 1 aliphatic rings. The molecule has 2 rings (SSSR count). The summed E-state index contributed by atoms with van der Waals surface area (Å²) in [6.07, 6.45) is 3.26. The summed E-state index contributed by atoms with van der Waals surface area (Å²) in [7, 11) is 0. The zero-order chi connectivity index (χ0) is 15.4. The van der Waals surface area contributed by atoms with E-state index in [-0.39, 0.29) is 11.7 Å². The van der Waals surface area contributed by atoms with Gasteiger partial charge in [0, 0.05) is 18.2 Å². The molecule has 1 aromatic carbocycles. The number of nitrogens with zero attached hydrogens (tertiary/aromatic N) is 1. The highest BCUT2D eigenvalue weighted by Crippen LogP contribution is 2.34. The van der Waals surface area contributed by atoms with E-state index in [0.29, 0.717) is 33.7 Å². The van der Waals surface area contributed by atoms with Crippen LogP contribution in [-0.4, -0.2) is 33.4 Å². The Kier molecular flexibility index (Phi) is 5.03. The maximum atomic E-state index is 12.2. The zero-order valence-corrected chi connectivity index (χ0v) is 13.2. The summed E-state index contributed by atoms with van der Waals surface area (Å²) < 4.78 is 5.80. The largest absolute Gasteiger partial charge is 0.507 e. The third-order valence-electron chi connectivity index (χ3n) is 2.78. The topological polar surface area (TPSA) is 49.8 Å². The predicted molar refractivity (Wildman–Crippen MR) is 89.4 cm³/mol. The first-order chi connectivity index (χ1) is 10.1. The molecule has 1 N–H and O–H groups in total. The molecule has 6 heteroatoms. The van der Waals surface area contributed by atoms with Crippen molar-refractivity contribution in [3.05, 3.63) is 41.3 Å². The molecule has 1 aliphatic heterocycles. The standard InChI is InChI=1S/C15H15NO3S2/c1-3-7-16-14(18)13(21-15(16)20)8-10-5-6-11(19-4-2)9-12(10)17/h3,5-6,8-9,17H,1,4,7H2,2H3/b13-8-. The maximum Gasteiger partial charge on any atom is 0.266 e. The molecule has 4 nitrogen and oxygen atoms in total. The number of hydrogen-bond acceptors (Lipinski definition) is 5. The number of ether oxygens (including phenoxy) is 1. The molecule has 1 saturated heterocycles. The Morgan fingerprint density at radius 1 is 1.52 bits per heavy atom. The van der Waals surface area contributed by atoms with Crippen LogP contribution in [0.2, 0.25) is 0 Å². The van der Waals surface area contributed by atoms with E-state index < -0.39 is 0 Å². The van der Waals surface area contributed by atoms with Gasteiger partial charge in [-0.15, -0.1) is 6.58 Å². The van der Waals surface area contributed by atoms with E-state index in [4.69, 9.17) is 17.0 Å². The first-order valence-electron chi connectivity index (χ1n) is 6.39. The van der Waals surface area contributed by atoms with Crippen molar-refractivity contribution in [2.45, 2.75) is 6.92 Å². The second kappa shape index (κ2) is 6.78. The van der Waals surface area contributed by atoms with Gasteiger partial charge in [0.15, 0.2) is 0 Å². The molecular weight excluding hydrogens is 306 g/mol. The summed E-state index contributed by atoms with van der Waals surface area (Å²) in [6.45, 7) is 6.39. The molecule has 0 radical (unpaired) electrons. The van der Waals surface area contributed by atoms with Gasteiger partial charge in [-0.3, -0.25) is 9.69 Å². The Morgan fingerprint density at radius 3 is 2.90 bits per heavy atom. The molecule has 0 unspecified atom stereocenters. The number of carbonyl (C=O) groups is 1. The van der Waals surface area contributed by atoms with Crippen molar-refractivity contribution in [1.82, 2.24) is 4.90 Å². The molecular formula is C15H15NO3S2. The van der Waals surface area contributed by atoms with Crippen molar-refractivity contribution in [3.8, 4) is 11.5 Å². The van der Waals surface area contributed by atoms with Crippen LogP contribution in [-0.2, 0) is 4.79 Å². The number of carbonyl (C=O) groups excluding carboxylic acids is 1. The van der Waals surface area contributed by atoms with Crippen LogP contribution in [0.1, 0.15) is 12.5 Å². The lowest BCUT2D eigenvalue weighted by molar-refractivity contribution is -0.121. The number of phenolic OH excluding ortho intramolecular Hbond substituents is 1. The van der Waals surface area contributed by atoms with Crippen LogP contribution in [0.15, 0.2) is 35.8 Å². The van der Waals surface area contributed by atoms with E-state index in [1.807, 2.05) is 6.92 Å². The normalized spacial score (nSPS) is 16.6. The zero-order valence-electron chi connectivity index (χ0n) is 11.5. The highest BCUT2D eigenvalue weighted by molar-refractivity contribution is 8.26. The van der Waals surface area contributed by atoms with Crippen LogP contribution in [0.25, 0.3) is 6.08 Å². The van der Waals surface area contributed by atoms with Crippen LogP contribution in [0, 0.1) is 0 Å². The summed E-state index contributed by atoms with van der Waals surface area (Å²) in [5, 5.41) is 9.99. The van der Waals surface area contributed by atoms with Gasteiger partial charge in [0.2, 0.25) is 0 Å². The van der Waals surface area contributed by atoms with Gasteiger partial charge in [-0.2, -0.15) is 0 Å². The number of phenols is 1. The smallest absolute Gasteiger partial charge is 0.266 e. The quantitative estimate of drug-likeness (QED) is 0.513.